The number of benzene rings is 1. The number of nitrogens with zero attached hydrogens (tertiary/aromatic N) is 1. The zero-order valence-electron chi connectivity index (χ0n) is 11.6. The number of anilines is 2. The zero-order valence-corrected chi connectivity index (χ0v) is 11.6. The summed E-state index contributed by atoms with van der Waals surface area (Å²) in [6.45, 7) is 4.71. The van der Waals surface area contributed by atoms with Crippen LogP contribution in [0.4, 0.5) is 11.4 Å². The second-order valence-corrected chi connectivity index (χ2v) is 4.83. The van der Waals surface area contributed by atoms with Gasteiger partial charge in [0.05, 0.1) is 0 Å². The highest BCUT2D eigenvalue weighted by atomic mass is 16.2. The van der Waals surface area contributed by atoms with Crippen molar-refractivity contribution in [3.8, 4) is 0 Å². The molecule has 0 aromatic heterocycles. The van der Waals surface area contributed by atoms with E-state index in [2.05, 4.69) is 35.2 Å². The van der Waals surface area contributed by atoms with Crippen molar-refractivity contribution < 1.29 is 4.79 Å². The molecule has 1 unspecified atom stereocenters. The van der Waals surface area contributed by atoms with Crippen molar-refractivity contribution in [1.29, 1.82) is 0 Å². The van der Waals surface area contributed by atoms with Gasteiger partial charge in [-0.15, -0.1) is 6.58 Å². The van der Waals surface area contributed by atoms with Crippen molar-refractivity contribution in [3.05, 3.63) is 36.4 Å². The zero-order chi connectivity index (χ0) is 13.8. The van der Waals surface area contributed by atoms with E-state index in [-0.39, 0.29) is 11.9 Å². The molecule has 1 aromatic rings. The first-order chi connectivity index (χ1) is 9.17. The molecule has 2 N–H and O–H groups in total. The number of rotatable bonds is 6. The van der Waals surface area contributed by atoms with Crippen LogP contribution in [0.1, 0.15) is 24.4 Å². The molecule has 1 atom stereocenters. The molecule has 1 aromatic carbocycles. The molecular weight excluding hydrogens is 238 g/mol. The largest absolute Gasteiger partial charge is 0.375 e. The molecule has 0 saturated heterocycles. The Morgan fingerprint density at radius 1 is 1.53 bits per heavy atom. The van der Waals surface area contributed by atoms with Gasteiger partial charge in [0.1, 0.15) is 6.04 Å². The summed E-state index contributed by atoms with van der Waals surface area (Å²) in [5, 5.41) is 5.94. The number of likely N-dealkylation sites (N-methyl/N-ethyl adjacent to an activating group) is 1. The number of unbranched alkanes of at least 4 members (excludes halogenated alkanes) is 1. The molecule has 1 aliphatic heterocycles. The second kappa shape index (κ2) is 5.89. The molecule has 102 valence electrons. The normalized spacial score (nSPS) is 16.9. The van der Waals surface area contributed by atoms with Gasteiger partial charge in [0.2, 0.25) is 5.91 Å². The number of fused-ring (bicyclic) bond motifs is 1. The molecular formula is C15H21N3O. The highest BCUT2D eigenvalue weighted by molar-refractivity contribution is 6.03. The maximum atomic E-state index is 11.8. The summed E-state index contributed by atoms with van der Waals surface area (Å²) in [5.41, 5.74) is 3.06. The lowest BCUT2D eigenvalue weighted by Gasteiger charge is -2.20. The first kappa shape index (κ1) is 13.6. The molecule has 1 heterocycles. The van der Waals surface area contributed by atoms with Gasteiger partial charge in [0, 0.05) is 30.5 Å². The number of carbonyl (C=O) groups excluding carboxylic acids is 1. The van der Waals surface area contributed by atoms with Gasteiger partial charge in [0.15, 0.2) is 0 Å². The van der Waals surface area contributed by atoms with Gasteiger partial charge in [-0.05, 0) is 32.0 Å². The van der Waals surface area contributed by atoms with Crippen LogP contribution in [0.25, 0.3) is 0 Å². The molecule has 0 saturated carbocycles. The molecule has 1 aliphatic rings. The minimum Gasteiger partial charge on any atom is -0.375 e. The third-order valence-electron chi connectivity index (χ3n) is 3.50. The lowest BCUT2D eigenvalue weighted by molar-refractivity contribution is -0.117. The Labute approximate surface area is 114 Å². The predicted molar refractivity (Wildman–Crippen MR) is 79.6 cm³/mol. The third-order valence-corrected chi connectivity index (χ3v) is 3.50. The fraction of sp³-hybridized carbons (Fsp3) is 0.400. The van der Waals surface area contributed by atoms with Crippen LogP contribution >= 0.6 is 0 Å². The second-order valence-electron chi connectivity index (χ2n) is 4.83. The molecule has 4 heteroatoms. The molecule has 0 fully saturated rings. The predicted octanol–water partition coefficient (Wildman–Crippen LogP) is 2.30. The highest BCUT2D eigenvalue weighted by Crippen LogP contribution is 2.33. The Morgan fingerprint density at radius 3 is 3.00 bits per heavy atom. The number of hydrogen-bond donors (Lipinski definition) is 2. The van der Waals surface area contributed by atoms with Crippen LogP contribution in [0.3, 0.4) is 0 Å². The number of amides is 1. The van der Waals surface area contributed by atoms with Crippen molar-refractivity contribution in [2.24, 2.45) is 0 Å². The van der Waals surface area contributed by atoms with E-state index in [9.17, 15) is 4.79 Å². The summed E-state index contributed by atoms with van der Waals surface area (Å²) in [6.07, 6.45) is 4.05. The molecule has 0 aliphatic carbocycles. The first-order valence-electron chi connectivity index (χ1n) is 6.61. The summed E-state index contributed by atoms with van der Waals surface area (Å²) in [5.74, 6) is 0.0176. The monoisotopic (exact) mass is 259 g/mol. The molecule has 1 amide bonds. The number of carbonyl (C=O) groups is 1. The lowest BCUT2D eigenvalue weighted by atomic mass is 10.1. The topological polar surface area (TPSA) is 44.4 Å². The van der Waals surface area contributed by atoms with Crippen LogP contribution < -0.4 is 15.5 Å². The minimum atomic E-state index is -0.227. The van der Waals surface area contributed by atoms with Crippen molar-refractivity contribution in [3.63, 3.8) is 0 Å². The van der Waals surface area contributed by atoms with Crippen molar-refractivity contribution in [2.45, 2.75) is 18.9 Å². The maximum absolute atomic E-state index is 11.8. The van der Waals surface area contributed by atoms with Gasteiger partial charge < -0.3 is 15.5 Å². The van der Waals surface area contributed by atoms with Crippen LogP contribution in [0.5, 0.6) is 0 Å². The quantitative estimate of drug-likeness (QED) is 0.608. The fourth-order valence-electron chi connectivity index (χ4n) is 2.38. The van der Waals surface area contributed by atoms with Gasteiger partial charge in [-0.25, -0.2) is 0 Å². The van der Waals surface area contributed by atoms with E-state index in [0.29, 0.717) is 0 Å². The molecule has 0 bridgehead atoms. The maximum Gasteiger partial charge on any atom is 0.246 e. The van der Waals surface area contributed by atoms with Gasteiger partial charge in [-0.3, -0.25) is 4.79 Å². The average Bonchev–Trinajstić information content (AvgIpc) is 2.73. The molecule has 2 rings (SSSR count). The number of hydrogen-bond acceptors (Lipinski definition) is 3. The fourth-order valence-corrected chi connectivity index (χ4v) is 2.38. The van der Waals surface area contributed by atoms with Gasteiger partial charge in [-0.1, -0.05) is 12.1 Å². The SMILES string of the molecule is C=CCCCN(C)c1ccc2c(c1)NC(=O)C2NC. The van der Waals surface area contributed by atoms with E-state index in [1.54, 1.807) is 7.05 Å². The Morgan fingerprint density at radius 2 is 2.32 bits per heavy atom. The summed E-state index contributed by atoms with van der Waals surface area (Å²) < 4.78 is 0. The van der Waals surface area contributed by atoms with E-state index in [1.807, 2.05) is 18.2 Å². The molecule has 0 radical (unpaired) electrons. The summed E-state index contributed by atoms with van der Waals surface area (Å²) >= 11 is 0. The van der Waals surface area contributed by atoms with Crippen molar-refractivity contribution >= 4 is 17.3 Å². The van der Waals surface area contributed by atoms with Crippen LogP contribution in [0.2, 0.25) is 0 Å². The third kappa shape index (κ3) is 2.79. The summed E-state index contributed by atoms with van der Waals surface area (Å²) in [6, 6.07) is 5.90. The van der Waals surface area contributed by atoms with E-state index < -0.39 is 0 Å². The molecule has 19 heavy (non-hydrogen) atoms. The number of nitrogens with one attached hydrogen (secondary N) is 2. The molecule has 0 spiro atoms. The Kier molecular flexibility index (Phi) is 4.22. The Balaban J connectivity index is 2.12. The Bertz CT molecular complexity index is 484. The van der Waals surface area contributed by atoms with Crippen LogP contribution in [-0.4, -0.2) is 26.5 Å². The molecule has 4 nitrogen and oxygen atoms in total. The van der Waals surface area contributed by atoms with E-state index >= 15 is 0 Å². The average molecular weight is 259 g/mol. The first-order valence-corrected chi connectivity index (χ1v) is 6.61. The number of allylic oxidation sites excluding steroid dienone is 1. The lowest BCUT2D eigenvalue weighted by Crippen LogP contribution is -2.23. The van der Waals surface area contributed by atoms with E-state index in [1.165, 1.54) is 0 Å². The van der Waals surface area contributed by atoms with Crippen molar-refractivity contribution in [1.82, 2.24) is 5.32 Å². The summed E-state index contributed by atoms with van der Waals surface area (Å²) in [4.78, 5) is 14.0. The van der Waals surface area contributed by atoms with Gasteiger partial charge in [0.25, 0.3) is 0 Å². The summed E-state index contributed by atoms with van der Waals surface area (Å²) in [7, 11) is 3.87. The van der Waals surface area contributed by atoms with Crippen molar-refractivity contribution in [2.75, 3.05) is 30.9 Å². The van der Waals surface area contributed by atoms with Gasteiger partial charge in [-0.2, -0.15) is 0 Å². The highest BCUT2D eigenvalue weighted by Gasteiger charge is 2.29. The smallest absolute Gasteiger partial charge is 0.246 e. The Hall–Kier alpha value is -1.81. The van der Waals surface area contributed by atoms with E-state index in [4.69, 9.17) is 0 Å². The van der Waals surface area contributed by atoms with Crippen LogP contribution in [0.15, 0.2) is 30.9 Å². The van der Waals surface area contributed by atoms with Crippen LogP contribution in [0, 0.1) is 0 Å². The minimum absolute atomic E-state index is 0.0176. The van der Waals surface area contributed by atoms with Crippen LogP contribution in [-0.2, 0) is 4.79 Å². The van der Waals surface area contributed by atoms with Gasteiger partial charge >= 0.3 is 0 Å². The standard InChI is InChI=1S/C15H21N3O/c1-4-5-6-9-18(3)11-7-8-12-13(10-11)17-15(19)14(12)16-2/h4,7-8,10,14,16H,1,5-6,9H2,2-3H3,(H,17,19). The van der Waals surface area contributed by atoms with E-state index in [0.717, 1.165) is 36.3 Å².